The normalized spacial score (nSPS) is 28.1. The van der Waals surface area contributed by atoms with Gasteiger partial charge in [0.2, 0.25) is 0 Å². The molecule has 1 rings (SSSR count). The second kappa shape index (κ2) is 3.06. The quantitative estimate of drug-likeness (QED) is 0.519. The second-order valence-electron chi connectivity index (χ2n) is 2.17. The molecule has 1 fully saturated rings. The molecule has 0 spiro atoms. The summed E-state index contributed by atoms with van der Waals surface area (Å²) in [5.41, 5.74) is 0. The molecule has 1 unspecified atom stereocenters. The molecule has 0 aromatic heterocycles. The summed E-state index contributed by atoms with van der Waals surface area (Å²) in [7, 11) is 0. The van der Waals surface area contributed by atoms with Gasteiger partial charge in [-0.05, 0) is 6.92 Å². The Morgan fingerprint density at radius 1 is 1.78 bits per heavy atom. The first-order valence-corrected chi connectivity index (χ1v) is 4.17. The molecule has 1 aliphatic rings. The van der Waals surface area contributed by atoms with Crippen molar-refractivity contribution in [2.45, 2.75) is 13.0 Å². The van der Waals surface area contributed by atoms with Gasteiger partial charge in [0.05, 0.1) is 11.3 Å². The van der Waals surface area contributed by atoms with Gasteiger partial charge in [-0.25, -0.2) is 0 Å². The Balaban J connectivity index is 2.38. The minimum atomic E-state index is 0.334. The minimum absolute atomic E-state index is 0.334. The number of nitroso groups, excluding NO2 is 1. The number of rotatable bonds is 1. The molecule has 1 saturated heterocycles. The van der Waals surface area contributed by atoms with Gasteiger partial charge in [-0.1, -0.05) is 0 Å². The fourth-order valence-electron chi connectivity index (χ4n) is 0.840. The molecule has 0 aromatic carbocycles. The number of thioether (sulfide) groups is 1. The number of hydrogen-bond acceptors (Lipinski definition) is 3. The maximum absolute atomic E-state index is 10.0. The van der Waals surface area contributed by atoms with Crippen LogP contribution in [0.4, 0.5) is 0 Å². The molecule has 0 saturated carbocycles. The van der Waals surface area contributed by atoms with E-state index in [4.69, 9.17) is 0 Å². The molecule has 3 nitrogen and oxygen atoms in total. The average Bonchev–Trinajstić information content (AvgIpc) is 1.89. The van der Waals surface area contributed by atoms with Gasteiger partial charge in [-0.2, -0.15) is 11.8 Å². The number of nitrogens with zero attached hydrogens (tertiary/aromatic N) is 2. The molecule has 1 aliphatic heterocycles. The third-order valence-corrected chi connectivity index (χ3v) is 2.63. The van der Waals surface area contributed by atoms with Gasteiger partial charge in [0.1, 0.15) is 0 Å². The zero-order valence-electron chi connectivity index (χ0n) is 5.41. The van der Waals surface area contributed by atoms with Crippen molar-refractivity contribution >= 4 is 11.8 Å². The fourth-order valence-corrected chi connectivity index (χ4v) is 1.84. The number of hydrogen-bond donors (Lipinski definition) is 0. The zero-order valence-corrected chi connectivity index (χ0v) is 6.23. The van der Waals surface area contributed by atoms with Crippen molar-refractivity contribution < 1.29 is 0 Å². The SMILES string of the molecule is CC1CSCCN1N=O. The van der Waals surface area contributed by atoms with Crippen LogP contribution in [0.3, 0.4) is 0 Å². The van der Waals surface area contributed by atoms with Gasteiger partial charge in [0.25, 0.3) is 0 Å². The van der Waals surface area contributed by atoms with Crippen molar-refractivity contribution in [2.24, 2.45) is 5.29 Å². The predicted molar refractivity (Wildman–Crippen MR) is 39.3 cm³/mol. The first kappa shape index (κ1) is 6.86. The average molecular weight is 146 g/mol. The Bertz CT molecular complexity index is 109. The molecule has 1 atom stereocenters. The molecule has 0 aromatic rings. The maximum Gasteiger partial charge on any atom is 0.0565 e. The van der Waals surface area contributed by atoms with Crippen LogP contribution >= 0.6 is 11.8 Å². The fraction of sp³-hybridized carbons (Fsp3) is 1.00. The van der Waals surface area contributed by atoms with Crippen LogP contribution in [-0.4, -0.2) is 29.1 Å². The van der Waals surface area contributed by atoms with E-state index in [2.05, 4.69) is 5.29 Å². The monoisotopic (exact) mass is 146 g/mol. The second-order valence-corrected chi connectivity index (χ2v) is 3.32. The lowest BCUT2D eigenvalue weighted by molar-refractivity contribution is 0.240. The summed E-state index contributed by atoms with van der Waals surface area (Å²) in [4.78, 5) is 10.0. The summed E-state index contributed by atoms with van der Waals surface area (Å²) in [6.07, 6.45) is 0. The molecule has 0 bridgehead atoms. The highest BCUT2D eigenvalue weighted by Crippen LogP contribution is 2.15. The summed E-state index contributed by atoms with van der Waals surface area (Å²) in [5.74, 6) is 2.07. The Morgan fingerprint density at radius 2 is 2.56 bits per heavy atom. The van der Waals surface area contributed by atoms with E-state index in [-0.39, 0.29) is 0 Å². The van der Waals surface area contributed by atoms with Crippen LogP contribution in [0.1, 0.15) is 6.92 Å². The van der Waals surface area contributed by atoms with Crippen LogP contribution in [0, 0.1) is 4.91 Å². The van der Waals surface area contributed by atoms with Crippen LogP contribution in [0.5, 0.6) is 0 Å². The molecule has 4 heteroatoms. The first-order valence-electron chi connectivity index (χ1n) is 3.02. The smallest absolute Gasteiger partial charge is 0.0565 e. The van der Waals surface area contributed by atoms with Crippen molar-refractivity contribution in [3.63, 3.8) is 0 Å². The van der Waals surface area contributed by atoms with Gasteiger partial charge in [0, 0.05) is 18.1 Å². The third-order valence-electron chi connectivity index (χ3n) is 1.44. The zero-order chi connectivity index (χ0) is 6.69. The van der Waals surface area contributed by atoms with Gasteiger partial charge in [-0.3, -0.25) is 5.01 Å². The van der Waals surface area contributed by atoms with Crippen LogP contribution in [0.15, 0.2) is 5.29 Å². The van der Waals surface area contributed by atoms with Crippen LogP contribution in [0.2, 0.25) is 0 Å². The lowest BCUT2D eigenvalue weighted by Gasteiger charge is -2.26. The van der Waals surface area contributed by atoms with E-state index in [1.165, 1.54) is 0 Å². The van der Waals surface area contributed by atoms with Crippen LogP contribution < -0.4 is 0 Å². The van der Waals surface area contributed by atoms with Gasteiger partial charge >= 0.3 is 0 Å². The lowest BCUT2D eigenvalue weighted by Crippen LogP contribution is -2.35. The summed E-state index contributed by atoms with van der Waals surface area (Å²) in [6, 6.07) is 0.334. The molecular formula is C5H10N2OS. The standard InChI is InChI=1S/C5H10N2OS/c1-5-4-9-3-2-7(5)6-8/h5H,2-4H2,1H3. The molecule has 0 aliphatic carbocycles. The molecule has 1 heterocycles. The molecule has 0 radical (unpaired) electrons. The van der Waals surface area contributed by atoms with Crippen molar-refractivity contribution in [3.8, 4) is 0 Å². The van der Waals surface area contributed by atoms with Crippen molar-refractivity contribution in [3.05, 3.63) is 4.91 Å². The Morgan fingerprint density at radius 3 is 3.00 bits per heavy atom. The maximum atomic E-state index is 10.0. The molecule has 0 N–H and O–H groups in total. The van der Waals surface area contributed by atoms with E-state index >= 15 is 0 Å². The largest absolute Gasteiger partial charge is 0.256 e. The van der Waals surface area contributed by atoms with Crippen molar-refractivity contribution in [2.75, 3.05) is 18.1 Å². The van der Waals surface area contributed by atoms with E-state index in [1.54, 1.807) is 5.01 Å². The van der Waals surface area contributed by atoms with Gasteiger partial charge in [0.15, 0.2) is 0 Å². The summed E-state index contributed by atoms with van der Waals surface area (Å²) >= 11 is 1.88. The first-order chi connectivity index (χ1) is 4.34. The molecule has 52 valence electrons. The minimum Gasteiger partial charge on any atom is -0.256 e. The Hall–Kier alpha value is -0.250. The molecular weight excluding hydrogens is 136 g/mol. The highest BCUT2D eigenvalue weighted by molar-refractivity contribution is 7.99. The van der Waals surface area contributed by atoms with Crippen LogP contribution in [0.25, 0.3) is 0 Å². The van der Waals surface area contributed by atoms with E-state index in [1.807, 2.05) is 18.7 Å². The van der Waals surface area contributed by atoms with Crippen molar-refractivity contribution in [1.82, 2.24) is 5.01 Å². The van der Waals surface area contributed by atoms with Crippen molar-refractivity contribution in [1.29, 1.82) is 0 Å². The van der Waals surface area contributed by atoms with Gasteiger partial charge in [-0.15, -0.1) is 4.91 Å². The summed E-state index contributed by atoms with van der Waals surface area (Å²) < 4.78 is 0. The van der Waals surface area contributed by atoms with E-state index in [9.17, 15) is 4.91 Å². The highest BCUT2D eigenvalue weighted by atomic mass is 32.2. The third kappa shape index (κ3) is 1.58. The van der Waals surface area contributed by atoms with E-state index < -0.39 is 0 Å². The van der Waals surface area contributed by atoms with E-state index in [0.29, 0.717) is 6.04 Å². The predicted octanol–water partition coefficient (Wildman–Crippen LogP) is 1.11. The summed E-state index contributed by atoms with van der Waals surface area (Å²) in [6.45, 7) is 2.84. The molecule has 9 heavy (non-hydrogen) atoms. The summed E-state index contributed by atoms with van der Waals surface area (Å²) in [5, 5.41) is 4.51. The lowest BCUT2D eigenvalue weighted by atomic mass is 10.4. The Labute approximate surface area is 58.7 Å². The topological polar surface area (TPSA) is 32.7 Å². The molecule has 0 amide bonds. The van der Waals surface area contributed by atoms with Crippen LogP contribution in [-0.2, 0) is 0 Å². The van der Waals surface area contributed by atoms with Gasteiger partial charge < -0.3 is 0 Å². The highest BCUT2D eigenvalue weighted by Gasteiger charge is 2.16. The Kier molecular flexibility index (Phi) is 2.33. The van der Waals surface area contributed by atoms with E-state index in [0.717, 1.165) is 18.1 Å².